The second kappa shape index (κ2) is 6.50. The van der Waals surface area contributed by atoms with Crippen molar-refractivity contribution < 1.29 is 0 Å². The van der Waals surface area contributed by atoms with Crippen LogP contribution < -0.4 is 0 Å². The van der Waals surface area contributed by atoms with E-state index in [4.69, 9.17) is 11.6 Å². The van der Waals surface area contributed by atoms with Crippen molar-refractivity contribution in [2.24, 2.45) is 0 Å². The van der Waals surface area contributed by atoms with Gasteiger partial charge in [0, 0.05) is 0 Å². The molecule has 0 bridgehead atoms. The van der Waals surface area contributed by atoms with Crippen molar-refractivity contribution in [1.82, 2.24) is 0 Å². The van der Waals surface area contributed by atoms with Crippen LogP contribution in [-0.2, 0) is 0 Å². The lowest BCUT2D eigenvalue weighted by molar-refractivity contribution is 0.826. The second-order valence-corrected chi connectivity index (χ2v) is 3.73. The molecule has 0 nitrogen and oxygen atoms in total. The first kappa shape index (κ1) is 12.0. The second-order valence-electron chi connectivity index (χ2n) is 2.74. The first-order valence-corrected chi connectivity index (χ1v) is 5.18. The highest BCUT2D eigenvalue weighted by Crippen LogP contribution is 2.18. The van der Waals surface area contributed by atoms with Crippen LogP contribution in [-0.4, -0.2) is 5.38 Å². The number of alkyl halides is 1. The molecule has 0 aliphatic carbocycles. The summed E-state index contributed by atoms with van der Waals surface area (Å²) in [7, 11) is 0. The van der Waals surface area contributed by atoms with Gasteiger partial charge in [-0.15, -0.1) is 11.6 Å². The Labute approximate surface area is 88.1 Å². The Morgan fingerprint density at radius 2 is 2.25 bits per heavy atom. The molecule has 0 radical (unpaired) electrons. The molecular weight excluding hydrogens is 235 g/mol. The van der Waals surface area contributed by atoms with E-state index >= 15 is 0 Å². The lowest BCUT2D eigenvalue weighted by atomic mass is 10.1. The molecule has 0 aromatic carbocycles. The predicted molar refractivity (Wildman–Crippen MR) is 60.9 cm³/mol. The smallest absolute Gasteiger partial charge is 0.0543 e. The molecule has 0 aromatic rings. The largest absolute Gasteiger partial charge is 0.118 e. The van der Waals surface area contributed by atoms with Crippen LogP contribution in [0.3, 0.4) is 0 Å². The zero-order valence-corrected chi connectivity index (χ0v) is 9.66. The quantitative estimate of drug-likeness (QED) is 0.384. The monoisotopic (exact) mass is 248 g/mol. The summed E-state index contributed by atoms with van der Waals surface area (Å²) in [4.78, 5) is 1.88. The summed E-state index contributed by atoms with van der Waals surface area (Å²) in [6.45, 7) is 9.43. The molecule has 2 heteroatoms. The summed E-state index contributed by atoms with van der Waals surface area (Å²) in [5, 5.41) is 0.0763. The van der Waals surface area contributed by atoms with Crippen molar-refractivity contribution in [2.45, 2.75) is 25.1 Å². The van der Waals surface area contributed by atoms with E-state index in [2.05, 4.69) is 29.1 Å². The van der Waals surface area contributed by atoms with Gasteiger partial charge in [-0.05, 0) is 30.3 Å². The summed E-state index contributed by atoms with van der Waals surface area (Å²) in [6.07, 6.45) is 3.69. The van der Waals surface area contributed by atoms with Crippen molar-refractivity contribution in [3.8, 4) is 0 Å². The van der Waals surface area contributed by atoms with E-state index < -0.39 is 0 Å². The predicted octanol–water partition coefficient (Wildman–Crippen LogP) is 4.41. The fourth-order valence-corrected chi connectivity index (χ4v) is 1.27. The van der Waals surface area contributed by atoms with Gasteiger partial charge < -0.3 is 0 Å². The number of allylic oxidation sites excluding steroid dienone is 3. The van der Waals surface area contributed by atoms with Gasteiger partial charge >= 0.3 is 0 Å². The van der Waals surface area contributed by atoms with E-state index in [9.17, 15) is 0 Å². The van der Waals surface area contributed by atoms with E-state index in [-0.39, 0.29) is 5.38 Å². The van der Waals surface area contributed by atoms with Crippen molar-refractivity contribution in [3.05, 3.63) is 35.4 Å². The third kappa shape index (κ3) is 4.78. The van der Waals surface area contributed by atoms with Crippen LogP contribution in [0.4, 0.5) is 0 Å². The Bertz CT molecular complexity index is 194. The van der Waals surface area contributed by atoms with Crippen molar-refractivity contribution in [1.29, 1.82) is 0 Å². The maximum atomic E-state index is 6.00. The maximum Gasteiger partial charge on any atom is 0.0543 e. The van der Waals surface area contributed by atoms with Gasteiger partial charge in [-0.2, -0.15) is 0 Å². The highest BCUT2D eigenvalue weighted by molar-refractivity contribution is 9.11. The zero-order valence-electron chi connectivity index (χ0n) is 7.32. The Morgan fingerprint density at radius 1 is 1.67 bits per heavy atom. The Hall–Kier alpha value is -0.0100. The number of halogens is 2. The minimum absolute atomic E-state index is 0.0763. The Kier molecular flexibility index (Phi) is 6.49. The standard InChI is InChI=1S/C10H14BrCl/c1-4-9(7-11)5-6-10(12)8(2)3/h4,7,10H,1-2,5-6H2,3H3/b9-7-/t10-/m1/s1. The molecule has 0 aliphatic rings. The molecule has 0 spiro atoms. The van der Waals surface area contributed by atoms with E-state index in [1.54, 1.807) is 0 Å². The molecule has 0 saturated carbocycles. The molecule has 0 aromatic heterocycles. The van der Waals surface area contributed by atoms with Crippen LogP contribution in [0, 0.1) is 0 Å². The van der Waals surface area contributed by atoms with Crippen LogP contribution in [0.5, 0.6) is 0 Å². The molecule has 1 atom stereocenters. The summed E-state index contributed by atoms with van der Waals surface area (Å²) >= 11 is 9.26. The van der Waals surface area contributed by atoms with Crippen LogP contribution in [0.25, 0.3) is 0 Å². The van der Waals surface area contributed by atoms with Crippen LogP contribution in [0.1, 0.15) is 19.8 Å². The summed E-state index contributed by atoms with van der Waals surface area (Å²) in [5.41, 5.74) is 2.19. The van der Waals surface area contributed by atoms with E-state index in [1.165, 1.54) is 5.57 Å². The van der Waals surface area contributed by atoms with Crippen LogP contribution in [0.15, 0.2) is 35.4 Å². The van der Waals surface area contributed by atoms with Gasteiger partial charge in [0.1, 0.15) is 0 Å². The molecule has 0 unspecified atom stereocenters. The van der Waals surface area contributed by atoms with E-state index in [1.807, 2.05) is 18.0 Å². The third-order valence-corrected chi connectivity index (χ3v) is 2.80. The van der Waals surface area contributed by atoms with Gasteiger partial charge in [0.05, 0.1) is 5.38 Å². The lowest BCUT2D eigenvalue weighted by Gasteiger charge is -2.08. The van der Waals surface area contributed by atoms with Crippen molar-refractivity contribution >= 4 is 27.5 Å². The summed E-state index contributed by atoms with van der Waals surface area (Å²) < 4.78 is 0. The molecule has 0 fully saturated rings. The molecule has 12 heavy (non-hydrogen) atoms. The van der Waals surface area contributed by atoms with Gasteiger partial charge in [0.2, 0.25) is 0 Å². The highest BCUT2D eigenvalue weighted by Gasteiger charge is 2.04. The van der Waals surface area contributed by atoms with Gasteiger partial charge in [0.15, 0.2) is 0 Å². The first-order chi connectivity index (χ1) is 5.61. The van der Waals surface area contributed by atoms with Crippen LogP contribution >= 0.6 is 27.5 Å². The van der Waals surface area contributed by atoms with Crippen molar-refractivity contribution in [3.63, 3.8) is 0 Å². The van der Waals surface area contributed by atoms with E-state index in [0.29, 0.717) is 0 Å². The zero-order chi connectivity index (χ0) is 9.56. The number of hydrogen-bond acceptors (Lipinski definition) is 0. The molecular formula is C10H14BrCl. The molecule has 0 aliphatic heterocycles. The molecule has 0 saturated heterocycles. The van der Waals surface area contributed by atoms with Crippen LogP contribution in [0.2, 0.25) is 0 Å². The minimum Gasteiger partial charge on any atom is -0.118 e. The van der Waals surface area contributed by atoms with E-state index in [0.717, 1.165) is 18.4 Å². The summed E-state index contributed by atoms with van der Waals surface area (Å²) in [5.74, 6) is 0. The number of rotatable bonds is 5. The Morgan fingerprint density at radius 3 is 2.58 bits per heavy atom. The summed E-state index contributed by atoms with van der Waals surface area (Å²) in [6, 6.07) is 0. The van der Waals surface area contributed by atoms with Crippen molar-refractivity contribution in [2.75, 3.05) is 0 Å². The highest BCUT2D eigenvalue weighted by atomic mass is 79.9. The average molecular weight is 250 g/mol. The fraction of sp³-hybridized carbons (Fsp3) is 0.400. The lowest BCUT2D eigenvalue weighted by Crippen LogP contribution is -1.98. The maximum absolute atomic E-state index is 6.00. The molecule has 0 amide bonds. The van der Waals surface area contributed by atoms with Gasteiger partial charge in [-0.3, -0.25) is 0 Å². The normalized spacial score (nSPS) is 14.1. The third-order valence-electron chi connectivity index (χ3n) is 1.62. The van der Waals surface area contributed by atoms with Gasteiger partial charge in [0.25, 0.3) is 0 Å². The fourth-order valence-electron chi connectivity index (χ4n) is 0.741. The molecule has 68 valence electrons. The molecule has 0 N–H and O–H groups in total. The molecule has 0 heterocycles. The topological polar surface area (TPSA) is 0 Å². The number of hydrogen-bond donors (Lipinski definition) is 0. The first-order valence-electron chi connectivity index (χ1n) is 3.83. The van der Waals surface area contributed by atoms with Gasteiger partial charge in [-0.25, -0.2) is 0 Å². The SMILES string of the molecule is C=C/C(=C/Br)CC[C@@H](Cl)C(=C)C. The average Bonchev–Trinajstić information content (AvgIpc) is 2.05. The van der Waals surface area contributed by atoms with Gasteiger partial charge in [-0.1, -0.05) is 40.7 Å². The Balaban J connectivity index is 3.82. The molecule has 0 rings (SSSR count). The minimum atomic E-state index is 0.0763.